The highest BCUT2D eigenvalue weighted by molar-refractivity contribution is 7.99. The van der Waals surface area contributed by atoms with E-state index in [9.17, 15) is 4.79 Å². The van der Waals surface area contributed by atoms with Gasteiger partial charge in [-0.25, -0.2) is 14.5 Å². The first-order valence-electron chi connectivity index (χ1n) is 8.17. The predicted octanol–water partition coefficient (Wildman–Crippen LogP) is 3.13. The molecule has 0 N–H and O–H groups in total. The summed E-state index contributed by atoms with van der Waals surface area (Å²) in [6.45, 7) is 5.78. The molecule has 0 radical (unpaired) electrons. The summed E-state index contributed by atoms with van der Waals surface area (Å²) < 4.78 is 12.0. The van der Waals surface area contributed by atoms with Crippen molar-refractivity contribution in [3.63, 3.8) is 0 Å². The van der Waals surface area contributed by atoms with Crippen molar-refractivity contribution < 1.29 is 14.1 Å². The van der Waals surface area contributed by atoms with Gasteiger partial charge in [-0.3, -0.25) is 0 Å². The molecule has 26 heavy (non-hydrogen) atoms. The van der Waals surface area contributed by atoms with Gasteiger partial charge in [-0.1, -0.05) is 18.1 Å². The van der Waals surface area contributed by atoms with Crippen LogP contribution < -0.4 is 0 Å². The average molecular weight is 373 g/mol. The van der Waals surface area contributed by atoms with Crippen LogP contribution in [0.5, 0.6) is 0 Å². The molecule has 0 amide bonds. The second-order valence-electron chi connectivity index (χ2n) is 5.46. The fourth-order valence-corrected chi connectivity index (χ4v) is 3.09. The van der Waals surface area contributed by atoms with E-state index in [0.29, 0.717) is 22.9 Å². The van der Waals surface area contributed by atoms with E-state index in [1.807, 2.05) is 25.1 Å². The number of aromatic nitrogens is 5. The Morgan fingerprint density at radius 3 is 3.00 bits per heavy atom. The normalized spacial score (nSPS) is 12.1. The molecular formula is C17H19N5O3S. The molecule has 1 unspecified atom stereocenters. The fourth-order valence-electron chi connectivity index (χ4n) is 2.34. The van der Waals surface area contributed by atoms with Crippen LogP contribution in [0.15, 0.2) is 35.1 Å². The van der Waals surface area contributed by atoms with Gasteiger partial charge in [-0.15, -0.1) is 0 Å². The molecule has 0 saturated carbocycles. The Balaban J connectivity index is 1.65. The number of rotatable bonds is 7. The molecule has 136 valence electrons. The van der Waals surface area contributed by atoms with Gasteiger partial charge in [0.15, 0.2) is 18.2 Å². The molecule has 0 fully saturated rings. The smallest absolute Gasteiger partial charge is 0.342 e. The summed E-state index contributed by atoms with van der Waals surface area (Å²) in [5, 5.41) is 8.26. The minimum atomic E-state index is -0.500. The van der Waals surface area contributed by atoms with E-state index < -0.39 is 5.97 Å². The van der Waals surface area contributed by atoms with Crippen LogP contribution in [-0.2, 0) is 11.3 Å². The van der Waals surface area contributed by atoms with Crippen LogP contribution in [0.4, 0.5) is 0 Å². The van der Waals surface area contributed by atoms with Gasteiger partial charge in [0.05, 0.1) is 17.1 Å². The Morgan fingerprint density at radius 2 is 2.27 bits per heavy atom. The van der Waals surface area contributed by atoms with Crippen molar-refractivity contribution in [1.29, 1.82) is 0 Å². The lowest BCUT2D eigenvalue weighted by Crippen LogP contribution is -2.08. The summed E-state index contributed by atoms with van der Waals surface area (Å²) in [6, 6.07) is 5.48. The topological polar surface area (TPSA) is 95.9 Å². The van der Waals surface area contributed by atoms with Gasteiger partial charge >= 0.3 is 5.97 Å². The number of ether oxygens (including phenoxy) is 1. The van der Waals surface area contributed by atoms with Crippen molar-refractivity contribution in [1.82, 2.24) is 24.9 Å². The molecule has 3 heterocycles. The van der Waals surface area contributed by atoms with Gasteiger partial charge in [0.25, 0.3) is 5.89 Å². The standard InChI is InChI=1S/C17H19N5O3S/c1-4-26-12(3)16-20-15(25-21-16)10-24-17(23)13-9-19-22(11(13)2)14-7-5-6-8-18-14/h5-9,12H,4,10H2,1-3H3. The molecule has 0 aliphatic heterocycles. The first-order valence-corrected chi connectivity index (χ1v) is 9.22. The Kier molecular flexibility index (Phi) is 5.67. The molecule has 3 aromatic heterocycles. The summed E-state index contributed by atoms with van der Waals surface area (Å²) >= 11 is 1.71. The summed E-state index contributed by atoms with van der Waals surface area (Å²) in [7, 11) is 0. The van der Waals surface area contributed by atoms with Crippen LogP contribution in [0.3, 0.4) is 0 Å². The Hall–Kier alpha value is -2.68. The highest BCUT2D eigenvalue weighted by Gasteiger charge is 2.19. The van der Waals surface area contributed by atoms with Gasteiger partial charge in [0.2, 0.25) is 0 Å². The highest BCUT2D eigenvalue weighted by Crippen LogP contribution is 2.25. The first-order chi connectivity index (χ1) is 12.6. The van der Waals surface area contributed by atoms with Crippen LogP contribution in [0, 0.1) is 6.92 Å². The number of carbonyl (C=O) groups is 1. The summed E-state index contributed by atoms with van der Waals surface area (Å²) in [5.41, 5.74) is 1.01. The van der Waals surface area contributed by atoms with E-state index >= 15 is 0 Å². The predicted molar refractivity (Wildman–Crippen MR) is 96.1 cm³/mol. The van der Waals surface area contributed by atoms with Crippen LogP contribution >= 0.6 is 11.8 Å². The highest BCUT2D eigenvalue weighted by atomic mass is 32.2. The van der Waals surface area contributed by atoms with Gasteiger partial charge in [0.1, 0.15) is 5.56 Å². The maximum Gasteiger partial charge on any atom is 0.342 e. The third-order valence-electron chi connectivity index (χ3n) is 3.69. The number of thioether (sulfide) groups is 1. The largest absolute Gasteiger partial charge is 0.452 e. The van der Waals surface area contributed by atoms with E-state index in [1.54, 1.807) is 29.6 Å². The molecule has 0 aliphatic rings. The van der Waals surface area contributed by atoms with Crippen LogP contribution in [0.2, 0.25) is 0 Å². The zero-order chi connectivity index (χ0) is 18.5. The summed E-state index contributed by atoms with van der Waals surface area (Å²) in [6.07, 6.45) is 3.13. The number of esters is 1. The molecule has 0 spiro atoms. The second-order valence-corrected chi connectivity index (χ2v) is 7.08. The Bertz CT molecular complexity index is 878. The van der Waals surface area contributed by atoms with Crippen molar-refractivity contribution in [2.45, 2.75) is 32.6 Å². The van der Waals surface area contributed by atoms with E-state index in [0.717, 1.165) is 5.75 Å². The lowest BCUT2D eigenvalue weighted by atomic mass is 10.2. The van der Waals surface area contributed by atoms with E-state index in [1.165, 1.54) is 6.20 Å². The summed E-state index contributed by atoms with van der Waals surface area (Å²) in [4.78, 5) is 20.8. The maximum absolute atomic E-state index is 12.3. The van der Waals surface area contributed by atoms with Crippen LogP contribution in [-0.4, -0.2) is 36.6 Å². The molecule has 8 nitrogen and oxygen atoms in total. The van der Waals surface area contributed by atoms with Crippen molar-refractivity contribution >= 4 is 17.7 Å². The van der Waals surface area contributed by atoms with Crippen LogP contribution in [0.25, 0.3) is 5.82 Å². The van der Waals surface area contributed by atoms with Gasteiger partial charge in [0, 0.05) is 6.20 Å². The molecule has 3 rings (SSSR count). The molecule has 0 saturated heterocycles. The molecular weight excluding hydrogens is 354 g/mol. The number of pyridine rings is 1. The number of nitrogens with zero attached hydrogens (tertiary/aromatic N) is 5. The summed E-state index contributed by atoms with van der Waals surface area (Å²) in [5.74, 6) is 1.96. The minimum absolute atomic E-state index is 0.0798. The van der Waals surface area contributed by atoms with Gasteiger partial charge in [-0.05, 0) is 31.7 Å². The number of carbonyl (C=O) groups excluding carboxylic acids is 1. The minimum Gasteiger partial charge on any atom is -0.452 e. The fraction of sp³-hybridized carbons (Fsp3) is 0.353. The SMILES string of the molecule is CCSC(C)c1noc(COC(=O)c2cnn(-c3ccccn3)c2C)n1. The van der Waals surface area contributed by atoms with Crippen molar-refractivity contribution in [3.05, 3.63) is 53.6 Å². The van der Waals surface area contributed by atoms with E-state index in [4.69, 9.17) is 9.26 Å². The monoisotopic (exact) mass is 373 g/mol. The maximum atomic E-state index is 12.3. The second kappa shape index (κ2) is 8.13. The molecule has 9 heteroatoms. The Labute approximate surface area is 155 Å². The first kappa shape index (κ1) is 18.1. The number of hydrogen-bond donors (Lipinski definition) is 0. The molecule has 3 aromatic rings. The van der Waals surface area contributed by atoms with Gasteiger partial charge in [-0.2, -0.15) is 21.8 Å². The third-order valence-corrected chi connectivity index (χ3v) is 4.73. The third kappa shape index (κ3) is 3.93. The van der Waals surface area contributed by atoms with Crippen LogP contribution in [0.1, 0.15) is 46.9 Å². The van der Waals surface area contributed by atoms with E-state index in [-0.39, 0.29) is 17.7 Å². The van der Waals surface area contributed by atoms with Crippen molar-refractivity contribution in [2.75, 3.05) is 5.75 Å². The van der Waals surface area contributed by atoms with E-state index in [2.05, 4.69) is 27.1 Å². The molecule has 0 aromatic carbocycles. The van der Waals surface area contributed by atoms with Crippen molar-refractivity contribution in [2.24, 2.45) is 0 Å². The lowest BCUT2D eigenvalue weighted by molar-refractivity contribution is 0.0429. The molecule has 1 atom stereocenters. The quantitative estimate of drug-likeness (QED) is 0.583. The molecule has 0 aliphatic carbocycles. The number of hydrogen-bond acceptors (Lipinski definition) is 8. The average Bonchev–Trinajstić information content (AvgIpc) is 3.27. The zero-order valence-corrected chi connectivity index (χ0v) is 15.6. The lowest BCUT2D eigenvalue weighted by Gasteiger charge is -2.04. The Morgan fingerprint density at radius 1 is 1.42 bits per heavy atom. The van der Waals surface area contributed by atoms with Crippen molar-refractivity contribution in [3.8, 4) is 5.82 Å². The zero-order valence-electron chi connectivity index (χ0n) is 14.7. The molecule has 0 bridgehead atoms. The van der Waals surface area contributed by atoms with Gasteiger partial charge < -0.3 is 9.26 Å².